The molecule has 1 aliphatic rings. The molecule has 1 N–H and O–H groups in total. The summed E-state index contributed by atoms with van der Waals surface area (Å²) >= 11 is 0. The van der Waals surface area contributed by atoms with Gasteiger partial charge in [-0.05, 0) is 68.7 Å². The number of nitrogens with one attached hydrogen (secondary N) is 1. The van der Waals surface area contributed by atoms with Gasteiger partial charge in [0.15, 0.2) is 0 Å². The van der Waals surface area contributed by atoms with Crippen molar-refractivity contribution in [2.75, 3.05) is 0 Å². The van der Waals surface area contributed by atoms with E-state index in [4.69, 9.17) is 9.73 Å². The van der Waals surface area contributed by atoms with Crippen molar-refractivity contribution < 1.29 is 9.53 Å². The van der Waals surface area contributed by atoms with Crippen LogP contribution in [0.4, 0.5) is 5.69 Å². The molecule has 2 heterocycles. The summed E-state index contributed by atoms with van der Waals surface area (Å²) in [6.45, 7) is 14.7. The molecule has 36 heavy (non-hydrogen) atoms. The second-order valence-corrected chi connectivity index (χ2v) is 10.9. The van der Waals surface area contributed by atoms with Gasteiger partial charge in [0.2, 0.25) is 0 Å². The number of pyridine rings is 1. The number of nitrogens with zero attached hydrogens (tertiary/aromatic N) is 2. The molecule has 3 atom stereocenters. The lowest BCUT2D eigenvalue weighted by Gasteiger charge is -2.24. The fourth-order valence-corrected chi connectivity index (χ4v) is 4.95. The van der Waals surface area contributed by atoms with E-state index in [1.165, 1.54) is 5.56 Å². The van der Waals surface area contributed by atoms with Gasteiger partial charge in [0.1, 0.15) is 6.04 Å². The second-order valence-electron chi connectivity index (χ2n) is 10.9. The minimum absolute atomic E-state index is 0.0255. The van der Waals surface area contributed by atoms with Crippen LogP contribution in [0.15, 0.2) is 40.2 Å². The maximum Gasteiger partial charge on any atom is 0.323 e. The molecule has 1 unspecified atom stereocenters. The first-order valence-electron chi connectivity index (χ1n) is 13.3. The van der Waals surface area contributed by atoms with Gasteiger partial charge >= 0.3 is 5.97 Å². The zero-order valence-electron chi connectivity index (χ0n) is 23.2. The Morgan fingerprint density at radius 1 is 1.19 bits per heavy atom. The highest BCUT2D eigenvalue weighted by Crippen LogP contribution is 2.34. The van der Waals surface area contributed by atoms with Crippen LogP contribution in [0.3, 0.4) is 0 Å². The number of ether oxygens (including phenoxy) is 1. The topological polar surface area (TPSA) is 72.7 Å². The number of aryl methyl sites for hydroxylation is 3. The van der Waals surface area contributed by atoms with Crippen LogP contribution in [0.5, 0.6) is 0 Å². The normalized spacial score (nSPS) is 17.4. The summed E-state index contributed by atoms with van der Waals surface area (Å²) in [6.07, 6.45) is 4.85. The van der Waals surface area contributed by atoms with Gasteiger partial charge in [-0.25, -0.2) is 0 Å². The Bertz CT molecular complexity index is 1140. The molecule has 0 saturated heterocycles. The zero-order valence-corrected chi connectivity index (χ0v) is 23.2. The van der Waals surface area contributed by atoms with Crippen molar-refractivity contribution in [3.8, 4) is 0 Å². The van der Waals surface area contributed by atoms with Crippen LogP contribution in [0.25, 0.3) is 0 Å². The van der Waals surface area contributed by atoms with Crippen LogP contribution in [-0.4, -0.2) is 28.4 Å². The Hall–Kier alpha value is -2.73. The van der Waals surface area contributed by atoms with Crippen molar-refractivity contribution in [1.29, 1.82) is 0 Å². The maximum atomic E-state index is 12.6. The van der Waals surface area contributed by atoms with E-state index in [0.29, 0.717) is 18.4 Å². The Labute approximate surface area is 216 Å². The zero-order chi connectivity index (χ0) is 26.6. The summed E-state index contributed by atoms with van der Waals surface area (Å²) in [7, 11) is 1.81. The number of rotatable bonds is 9. The van der Waals surface area contributed by atoms with Gasteiger partial charge in [-0.3, -0.25) is 14.6 Å². The molecule has 0 aliphatic carbocycles. The third kappa shape index (κ3) is 6.52. The van der Waals surface area contributed by atoms with E-state index >= 15 is 0 Å². The molecule has 0 saturated carbocycles. The molecule has 1 aliphatic heterocycles. The lowest BCUT2D eigenvalue weighted by atomic mass is 9.81. The van der Waals surface area contributed by atoms with Gasteiger partial charge in [-0.1, -0.05) is 46.2 Å². The number of esters is 1. The number of benzene rings is 1. The molecular formula is C30H43N3O3. The van der Waals surface area contributed by atoms with E-state index in [-0.39, 0.29) is 29.6 Å². The van der Waals surface area contributed by atoms with Gasteiger partial charge in [0.05, 0.1) is 17.5 Å². The largest absolute Gasteiger partial charge is 0.462 e. The number of aliphatic imine (C=N–C) groups is 1. The van der Waals surface area contributed by atoms with Crippen LogP contribution in [0, 0.1) is 24.7 Å². The van der Waals surface area contributed by atoms with Gasteiger partial charge in [-0.2, -0.15) is 0 Å². The van der Waals surface area contributed by atoms with E-state index in [2.05, 4.69) is 37.4 Å². The third-order valence-corrected chi connectivity index (χ3v) is 7.25. The summed E-state index contributed by atoms with van der Waals surface area (Å²) < 4.78 is 7.12. The molecule has 0 bridgehead atoms. The van der Waals surface area contributed by atoms with Crippen molar-refractivity contribution in [3.05, 3.63) is 63.1 Å². The molecule has 0 fully saturated rings. The predicted octanol–water partition coefficient (Wildman–Crippen LogP) is 5.49. The monoisotopic (exact) mass is 493 g/mol. The quantitative estimate of drug-likeness (QED) is 0.469. The number of carbonyl (C=O) groups excluding carboxylic acids is 1. The van der Waals surface area contributed by atoms with E-state index < -0.39 is 0 Å². The highest BCUT2D eigenvalue weighted by Gasteiger charge is 2.28. The first-order valence-corrected chi connectivity index (χ1v) is 13.3. The van der Waals surface area contributed by atoms with E-state index in [1.54, 1.807) is 4.57 Å². The number of hydrogen-bond donors (Lipinski definition) is 1. The van der Waals surface area contributed by atoms with Gasteiger partial charge < -0.3 is 14.6 Å². The molecule has 196 valence electrons. The molecule has 0 amide bonds. The van der Waals surface area contributed by atoms with Crippen LogP contribution in [0.2, 0.25) is 0 Å². The van der Waals surface area contributed by atoms with Crippen molar-refractivity contribution in [1.82, 2.24) is 9.88 Å². The van der Waals surface area contributed by atoms with Crippen molar-refractivity contribution in [3.63, 3.8) is 0 Å². The molecule has 1 aromatic carbocycles. The summed E-state index contributed by atoms with van der Waals surface area (Å²) in [5.41, 5.74) is 6.14. The van der Waals surface area contributed by atoms with Gasteiger partial charge in [0, 0.05) is 36.8 Å². The van der Waals surface area contributed by atoms with Crippen LogP contribution >= 0.6 is 0 Å². The number of aromatic nitrogens is 1. The molecular weight excluding hydrogens is 450 g/mol. The van der Waals surface area contributed by atoms with Crippen LogP contribution in [-0.2, 0) is 29.5 Å². The number of carbonyl (C=O) groups is 1. The standard InChI is InChI=1S/C30H43N3O3/c1-9-20(6)25-13-12-23-11-10-22(16-31-27(18(2)3)30(35)36-19(4)5)15-26(23)32-28(25)24-14-21(7)29(34)33(8)17-24/h10-11,14-15,17-20,25,27,31H,9,12-13,16H2,1-8H3/t20-,25?,27-/m0/s1. The summed E-state index contributed by atoms with van der Waals surface area (Å²) in [6, 6.07) is 8.07. The summed E-state index contributed by atoms with van der Waals surface area (Å²) in [4.78, 5) is 30.2. The lowest BCUT2D eigenvalue weighted by Crippen LogP contribution is -2.42. The number of fused-ring (bicyclic) bond motifs is 1. The molecule has 6 heteroatoms. The van der Waals surface area contributed by atoms with E-state index in [0.717, 1.165) is 47.4 Å². The highest BCUT2D eigenvalue weighted by atomic mass is 16.5. The Morgan fingerprint density at radius 3 is 2.53 bits per heavy atom. The van der Waals surface area contributed by atoms with Crippen LogP contribution < -0.4 is 10.9 Å². The molecule has 0 spiro atoms. The third-order valence-electron chi connectivity index (χ3n) is 7.25. The van der Waals surface area contributed by atoms with Crippen molar-refractivity contribution >= 4 is 17.4 Å². The average molecular weight is 494 g/mol. The smallest absolute Gasteiger partial charge is 0.323 e. The predicted molar refractivity (Wildman–Crippen MR) is 147 cm³/mol. The molecule has 1 aromatic heterocycles. The van der Waals surface area contributed by atoms with Crippen LogP contribution in [0.1, 0.15) is 76.6 Å². The SMILES string of the molecule is CC[C@H](C)C1CCc2ccc(CN[C@H](C(=O)OC(C)C)C(C)C)cc2N=C1c1cc(C)c(=O)n(C)c1. The fourth-order valence-electron chi connectivity index (χ4n) is 4.95. The van der Waals surface area contributed by atoms with E-state index in [1.807, 2.05) is 53.9 Å². The first-order chi connectivity index (χ1) is 17.0. The summed E-state index contributed by atoms with van der Waals surface area (Å²) in [5, 5.41) is 3.40. The Balaban J connectivity index is 1.97. The first kappa shape index (κ1) is 27.9. The van der Waals surface area contributed by atoms with Gasteiger partial charge in [0.25, 0.3) is 5.56 Å². The number of hydrogen-bond acceptors (Lipinski definition) is 5. The molecule has 2 aromatic rings. The van der Waals surface area contributed by atoms with Crippen molar-refractivity contribution in [2.45, 2.75) is 86.4 Å². The highest BCUT2D eigenvalue weighted by molar-refractivity contribution is 6.04. The summed E-state index contributed by atoms with van der Waals surface area (Å²) in [5.74, 6) is 0.704. The Kier molecular flexibility index (Phi) is 9.29. The average Bonchev–Trinajstić information content (AvgIpc) is 3.00. The molecule has 3 rings (SSSR count). The molecule has 0 radical (unpaired) electrons. The lowest BCUT2D eigenvalue weighted by molar-refractivity contribution is -0.151. The Morgan fingerprint density at radius 2 is 1.92 bits per heavy atom. The minimum Gasteiger partial charge on any atom is -0.462 e. The fraction of sp³-hybridized carbons (Fsp3) is 0.567. The maximum absolute atomic E-state index is 12.6. The van der Waals surface area contributed by atoms with E-state index in [9.17, 15) is 9.59 Å². The van der Waals surface area contributed by atoms with Crippen molar-refractivity contribution in [2.24, 2.45) is 29.8 Å². The van der Waals surface area contributed by atoms with Gasteiger partial charge in [-0.15, -0.1) is 0 Å². The second kappa shape index (κ2) is 12.0. The minimum atomic E-state index is -0.367. The molecule has 6 nitrogen and oxygen atoms in total.